The van der Waals surface area contributed by atoms with Crippen LogP contribution in [-0.2, 0) is 27.4 Å². The van der Waals surface area contributed by atoms with Crippen molar-refractivity contribution in [3.05, 3.63) is 34.9 Å². The molecule has 174 valence electrons. The second kappa shape index (κ2) is 7.54. The van der Waals surface area contributed by atoms with Crippen LogP contribution in [0.2, 0.25) is 0 Å². The lowest BCUT2D eigenvalue weighted by atomic mass is 9.76. The van der Waals surface area contributed by atoms with E-state index in [1.54, 1.807) is 20.8 Å². The highest BCUT2D eigenvalue weighted by Gasteiger charge is 2.51. The van der Waals surface area contributed by atoms with Gasteiger partial charge in [-0.05, 0) is 44.5 Å². The molecule has 5 nitrogen and oxygen atoms in total. The molecule has 2 fully saturated rings. The Morgan fingerprint density at radius 3 is 1.84 bits per heavy atom. The number of piperidine rings is 1. The van der Waals surface area contributed by atoms with Gasteiger partial charge in [0.25, 0.3) is 0 Å². The van der Waals surface area contributed by atoms with Crippen LogP contribution < -0.4 is 0 Å². The molecule has 11 heteroatoms. The maximum atomic E-state index is 13.2. The van der Waals surface area contributed by atoms with Gasteiger partial charge in [-0.3, -0.25) is 4.90 Å². The number of halogens is 6. The monoisotopic (exact) mass is 455 g/mol. The maximum Gasteiger partial charge on any atom is 0.416 e. The topological polar surface area (TPSA) is 59.0 Å². The zero-order valence-electron chi connectivity index (χ0n) is 17.1. The van der Waals surface area contributed by atoms with E-state index in [0.29, 0.717) is 12.1 Å². The Labute approximate surface area is 174 Å². The Balaban J connectivity index is 1.99. The van der Waals surface area contributed by atoms with Gasteiger partial charge in [-0.15, -0.1) is 0 Å². The zero-order chi connectivity index (χ0) is 23.4. The Morgan fingerprint density at radius 2 is 1.45 bits per heavy atom. The summed E-state index contributed by atoms with van der Waals surface area (Å²) < 4.78 is 90.3. The number of morpholine rings is 1. The first-order chi connectivity index (χ1) is 14.0. The molecule has 2 heterocycles. The maximum absolute atomic E-state index is 13.2. The minimum Gasteiger partial charge on any atom is -0.444 e. The van der Waals surface area contributed by atoms with Crippen LogP contribution in [0.4, 0.5) is 31.1 Å². The van der Waals surface area contributed by atoms with Crippen molar-refractivity contribution in [1.82, 2.24) is 4.90 Å². The molecule has 0 spiro atoms. The number of hydrogen-bond donors (Lipinski definition) is 1. The average molecular weight is 455 g/mol. The molecule has 2 aliphatic rings. The molecule has 2 atom stereocenters. The first kappa shape index (κ1) is 23.6. The molecule has 2 saturated heterocycles. The minimum absolute atomic E-state index is 0.0205. The predicted molar refractivity (Wildman–Crippen MR) is 96.0 cm³/mol. The average Bonchev–Trinajstić information content (AvgIpc) is 2.57. The Hall–Kier alpha value is -2.01. The van der Waals surface area contributed by atoms with Crippen LogP contribution in [0.1, 0.15) is 50.3 Å². The molecule has 0 radical (unpaired) electrons. The van der Waals surface area contributed by atoms with E-state index in [9.17, 15) is 36.2 Å². The standard InChI is InChI=1S/C20H23F6NO4/c1-17(2,3)31-16(28)27-14-7-18(29,8-15(27)10-30-9-14)11-4-12(19(21,22)23)6-13(5-11)20(24,25)26/h4-6,14-15,29H,7-10H2,1-3H3. The molecule has 0 aliphatic carbocycles. The van der Waals surface area contributed by atoms with Crippen LogP contribution in [-0.4, -0.2) is 47.0 Å². The molecule has 0 aromatic heterocycles. The van der Waals surface area contributed by atoms with Crippen LogP contribution in [0, 0.1) is 0 Å². The number of rotatable bonds is 1. The summed E-state index contributed by atoms with van der Waals surface area (Å²) >= 11 is 0. The van der Waals surface area contributed by atoms with Crippen LogP contribution in [0.25, 0.3) is 0 Å². The third-order valence-electron chi connectivity index (χ3n) is 5.28. The number of amides is 1. The molecule has 1 aromatic rings. The summed E-state index contributed by atoms with van der Waals surface area (Å²) in [5.41, 5.74) is -6.29. The largest absolute Gasteiger partial charge is 0.444 e. The lowest BCUT2D eigenvalue weighted by Gasteiger charge is -2.51. The first-order valence-corrected chi connectivity index (χ1v) is 9.61. The van der Waals surface area contributed by atoms with Crippen molar-refractivity contribution < 1.29 is 45.7 Å². The summed E-state index contributed by atoms with van der Waals surface area (Å²) in [6.07, 6.45) is -11.3. The molecule has 1 N–H and O–H groups in total. The third kappa shape index (κ3) is 5.08. The van der Waals surface area contributed by atoms with E-state index in [2.05, 4.69) is 0 Å². The molecule has 31 heavy (non-hydrogen) atoms. The summed E-state index contributed by atoms with van der Waals surface area (Å²) in [6, 6.07) is -0.441. The number of benzene rings is 1. The van der Waals surface area contributed by atoms with Crippen LogP contribution in [0.5, 0.6) is 0 Å². The quantitative estimate of drug-likeness (QED) is 0.624. The van der Waals surface area contributed by atoms with Crippen LogP contribution >= 0.6 is 0 Å². The van der Waals surface area contributed by atoms with E-state index in [-0.39, 0.29) is 32.1 Å². The van der Waals surface area contributed by atoms with E-state index >= 15 is 0 Å². The van der Waals surface area contributed by atoms with E-state index in [0.717, 1.165) is 0 Å². The van der Waals surface area contributed by atoms with Crippen molar-refractivity contribution in [3.8, 4) is 0 Å². The van der Waals surface area contributed by atoms with E-state index in [1.807, 2.05) is 0 Å². The second-order valence-electron chi connectivity index (χ2n) is 8.97. The fourth-order valence-corrected chi connectivity index (χ4v) is 4.05. The highest BCUT2D eigenvalue weighted by atomic mass is 19.4. The van der Waals surface area contributed by atoms with Gasteiger partial charge < -0.3 is 14.6 Å². The number of hydrogen-bond acceptors (Lipinski definition) is 4. The number of fused-ring (bicyclic) bond motifs is 2. The summed E-state index contributed by atoms with van der Waals surface area (Å²) in [7, 11) is 0. The van der Waals surface area contributed by atoms with Gasteiger partial charge in [0.2, 0.25) is 0 Å². The van der Waals surface area contributed by atoms with Gasteiger partial charge >= 0.3 is 18.4 Å². The lowest BCUT2D eigenvalue weighted by molar-refractivity contribution is -0.146. The SMILES string of the molecule is CC(C)(C)OC(=O)N1C2COCC1CC(O)(c1cc(C(F)(F)F)cc(C(F)(F)F)c1)C2. The molecular weight excluding hydrogens is 432 g/mol. The van der Waals surface area contributed by atoms with Gasteiger partial charge in [-0.2, -0.15) is 26.3 Å². The highest BCUT2D eigenvalue weighted by Crippen LogP contribution is 2.45. The number of nitrogens with zero attached hydrogens (tertiary/aromatic N) is 1. The van der Waals surface area contributed by atoms with E-state index < -0.39 is 58.4 Å². The number of carbonyl (C=O) groups excluding carboxylic acids is 1. The van der Waals surface area contributed by atoms with E-state index in [1.165, 1.54) is 4.90 Å². The fourth-order valence-electron chi connectivity index (χ4n) is 4.05. The highest BCUT2D eigenvalue weighted by molar-refractivity contribution is 5.69. The van der Waals surface area contributed by atoms with Gasteiger partial charge in [0.05, 0.1) is 42.0 Å². The lowest BCUT2D eigenvalue weighted by Crippen LogP contribution is -2.63. The number of aliphatic hydroxyl groups is 1. The second-order valence-corrected chi connectivity index (χ2v) is 8.97. The van der Waals surface area contributed by atoms with Crippen molar-refractivity contribution in [2.24, 2.45) is 0 Å². The van der Waals surface area contributed by atoms with E-state index in [4.69, 9.17) is 9.47 Å². The Kier molecular flexibility index (Phi) is 5.75. The zero-order valence-corrected chi connectivity index (χ0v) is 17.1. The van der Waals surface area contributed by atoms with Crippen LogP contribution in [0.15, 0.2) is 18.2 Å². The summed E-state index contributed by atoms with van der Waals surface area (Å²) in [6.45, 7) is 4.95. The summed E-state index contributed by atoms with van der Waals surface area (Å²) in [5.74, 6) is 0. The molecule has 2 bridgehead atoms. The van der Waals surface area contributed by atoms with Gasteiger partial charge in [-0.25, -0.2) is 4.79 Å². The molecule has 2 unspecified atom stereocenters. The van der Waals surface area contributed by atoms with Gasteiger partial charge in [0, 0.05) is 12.8 Å². The van der Waals surface area contributed by atoms with Crippen molar-refractivity contribution in [3.63, 3.8) is 0 Å². The summed E-state index contributed by atoms with van der Waals surface area (Å²) in [4.78, 5) is 14.0. The van der Waals surface area contributed by atoms with Gasteiger partial charge in [-0.1, -0.05) is 0 Å². The molecule has 1 aromatic carbocycles. The summed E-state index contributed by atoms with van der Waals surface area (Å²) in [5, 5.41) is 11.2. The minimum atomic E-state index is -5.03. The molecule has 3 rings (SSSR count). The third-order valence-corrected chi connectivity index (χ3v) is 5.28. The number of alkyl halides is 6. The molecular formula is C20H23F6NO4. The smallest absolute Gasteiger partial charge is 0.416 e. The number of ether oxygens (including phenoxy) is 2. The van der Waals surface area contributed by atoms with Crippen molar-refractivity contribution in [2.75, 3.05) is 13.2 Å². The van der Waals surface area contributed by atoms with Gasteiger partial charge in [0.1, 0.15) is 5.60 Å². The predicted octanol–water partition coefficient (Wildman–Crippen LogP) is 4.71. The van der Waals surface area contributed by atoms with Crippen molar-refractivity contribution in [2.45, 2.75) is 69.3 Å². The first-order valence-electron chi connectivity index (χ1n) is 9.61. The molecule has 2 aliphatic heterocycles. The van der Waals surface area contributed by atoms with Crippen molar-refractivity contribution in [1.29, 1.82) is 0 Å². The Morgan fingerprint density at radius 1 is 1.00 bits per heavy atom. The molecule has 1 amide bonds. The number of carbonyl (C=O) groups is 1. The van der Waals surface area contributed by atoms with Gasteiger partial charge in [0.15, 0.2) is 0 Å². The van der Waals surface area contributed by atoms with Crippen LogP contribution in [0.3, 0.4) is 0 Å². The Bertz CT molecular complexity index is 799. The molecule has 0 saturated carbocycles. The normalized spacial score (nSPS) is 27.2. The fraction of sp³-hybridized carbons (Fsp3) is 0.650. The van der Waals surface area contributed by atoms with Crippen molar-refractivity contribution >= 4 is 6.09 Å².